The first-order valence-electron chi connectivity index (χ1n) is 6.52. The molecule has 102 valence electrons. The number of nitrogens with zero attached hydrogens (tertiary/aromatic N) is 1. The molecule has 0 amide bonds. The normalized spacial score (nSPS) is 11.4. The molecule has 0 radical (unpaired) electrons. The van der Waals surface area contributed by atoms with Crippen LogP contribution in [0.5, 0.6) is 0 Å². The fourth-order valence-corrected chi connectivity index (χ4v) is 2.56. The molecule has 1 aromatic heterocycles. The first-order chi connectivity index (χ1) is 8.95. The molecule has 2 aromatic rings. The maximum Gasteiger partial charge on any atom is 0.335 e. The second-order valence-corrected chi connectivity index (χ2v) is 5.19. The van der Waals surface area contributed by atoms with Crippen LogP contribution in [0.3, 0.4) is 0 Å². The van der Waals surface area contributed by atoms with Gasteiger partial charge in [-0.2, -0.15) is 0 Å². The van der Waals surface area contributed by atoms with Gasteiger partial charge in [-0.05, 0) is 36.6 Å². The molecule has 1 aromatic carbocycles. The third-order valence-electron chi connectivity index (χ3n) is 3.45. The van der Waals surface area contributed by atoms with Crippen molar-refractivity contribution in [2.45, 2.75) is 33.2 Å². The number of aromatic carboxylic acids is 1. The summed E-state index contributed by atoms with van der Waals surface area (Å²) in [5, 5.41) is 10.2. The number of carboxylic acids is 1. The number of carbonyl (C=O) groups is 1. The van der Waals surface area contributed by atoms with Crippen molar-refractivity contribution in [3.63, 3.8) is 0 Å². The van der Waals surface area contributed by atoms with E-state index in [0.717, 1.165) is 28.7 Å². The molecule has 0 bridgehead atoms. The molecule has 0 aliphatic rings. The largest absolute Gasteiger partial charge is 0.478 e. The topological polar surface area (TPSA) is 68.2 Å². The van der Waals surface area contributed by atoms with Gasteiger partial charge in [0.25, 0.3) is 0 Å². The second-order valence-electron chi connectivity index (χ2n) is 5.19. The molecule has 0 aliphatic carbocycles. The minimum atomic E-state index is -0.881. The standard InChI is InChI=1S/C15H20N2O2/c1-9(2)13-8-12(15(18)19)7-11-6-10(3)17(5-4-16)14(11)13/h6-9H,4-5,16H2,1-3H3,(H,18,19). The summed E-state index contributed by atoms with van der Waals surface area (Å²) in [7, 11) is 0. The Morgan fingerprint density at radius 3 is 2.58 bits per heavy atom. The third-order valence-corrected chi connectivity index (χ3v) is 3.45. The maximum atomic E-state index is 11.2. The summed E-state index contributed by atoms with van der Waals surface area (Å²) >= 11 is 0. The van der Waals surface area contributed by atoms with E-state index in [1.54, 1.807) is 12.1 Å². The highest BCUT2D eigenvalue weighted by molar-refractivity contribution is 5.95. The molecule has 0 saturated carbocycles. The predicted octanol–water partition coefficient (Wildman–Crippen LogP) is 2.73. The van der Waals surface area contributed by atoms with Gasteiger partial charge in [-0.15, -0.1) is 0 Å². The van der Waals surface area contributed by atoms with Crippen LogP contribution in [-0.4, -0.2) is 22.2 Å². The summed E-state index contributed by atoms with van der Waals surface area (Å²) in [6.07, 6.45) is 0. The van der Waals surface area contributed by atoms with Gasteiger partial charge in [0, 0.05) is 24.2 Å². The Morgan fingerprint density at radius 1 is 1.37 bits per heavy atom. The van der Waals surface area contributed by atoms with Gasteiger partial charge >= 0.3 is 5.97 Å². The quantitative estimate of drug-likeness (QED) is 0.888. The molecule has 0 fully saturated rings. The Hall–Kier alpha value is -1.81. The van der Waals surface area contributed by atoms with Crippen LogP contribution in [-0.2, 0) is 6.54 Å². The summed E-state index contributed by atoms with van der Waals surface area (Å²) in [5.41, 5.74) is 9.31. The highest BCUT2D eigenvalue weighted by Crippen LogP contribution is 2.30. The summed E-state index contributed by atoms with van der Waals surface area (Å²) in [6.45, 7) is 7.51. The first-order valence-corrected chi connectivity index (χ1v) is 6.52. The fourth-order valence-electron chi connectivity index (χ4n) is 2.56. The Labute approximate surface area is 112 Å². The van der Waals surface area contributed by atoms with Gasteiger partial charge in [0.15, 0.2) is 0 Å². The van der Waals surface area contributed by atoms with Gasteiger partial charge in [-0.1, -0.05) is 13.8 Å². The molecule has 2 rings (SSSR count). The molecule has 0 unspecified atom stereocenters. The zero-order valence-corrected chi connectivity index (χ0v) is 11.6. The van der Waals surface area contributed by atoms with Crippen LogP contribution in [0.1, 0.15) is 41.4 Å². The van der Waals surface area contributed by atoms with Crippen LogP contribution in [0.15, 0.2) is 18.2 Å². The van der Waals surface area contributed by atoms with Crippen molar-refractivity contribution in [3.05, 3.63) is 35.0 Å². The van der Waals surface area contributed by atoms with E-state index in [1.807, 2.05) is 13.0 Å². The number of carboxylic acid groups (broad SMARTS) is 1. The van der Waals surface area contributed by atoms with Gasteiger partial charge in [-0.25, -0.2) is 4.79 Å². The van der Waals surface area contributed by atoms with E-state index in [2.05, 4.69) is 18.4 Å². The monoisotopic (exact) mass is 260 g/mol. The molecule has 1 heterocycles. The Balaban J connectivity index is 2.79. The maximum absolute atomic E-state index is 11.2. The molecule has 0 atom stereocenters. The van der Waals surface area contributed by atoms with Crippen molar-refractivity contribution in [3.8, 4) is 0 Å². The van der Waals surface area contributed by atoms with Crippen LogP contribution >= 0.6 is 0 Å². The average Bonchev–Trinajstić information content (AvgIpc) is 2.65. The lowest BCUT2D eigenvalue weighted by molar-refractivity contribution is 0.0697. The van der Waals surface area contributed by atoms with Crippen molar-refractivity contribution < 1.29 is 9.90 Å². The predicted molar refractivity (Wildman–Crippen MR) is 76.8 cm³/mol. The number of fused-ring (bicyclic) bond motifs is 1. The average molecular weight is 260 g/mol. The summed E-state index contributed by atoms with van der Waals surface area (Å²) in [6, 6.07) is 5.55. The number of hydrogen-bond donors (Lipinski definition) is 2. The number of benzene rings is 1. The van der Waals surface area contributed by atoms with Gasteiger partial charge in [0.2, 0.25) is 0 Å². The first kappa shape index (κ1) is 13.6. The zero-order valence-electron chi connectivity index (χ0n) is 11.6. The van der Waals surface area contributed by atoms with Crippen LogP contribution in [0.4, 0.5) is 0 Å². The van der Waals surface area contributed by atoms with Crippen molar-refractivity contribution in [1.29, 1.82) is 0 Å². The van der Waals surface area contributed by atoms with Crippen molar-refractivity contribution >= 4 is 16.9 Å². The number of aryl methyl sites for hydroxylation is 1. The molecule has 4 heteroatoms. The van der Waals surface area contributed by atoms with Gasteiger partial charge in [-0.3, -0.25) is 0 Å². The molecule has 0 spiro atoms. The van der Waals surface area contributed by atoms with Crippen molar-refractivity contribution in [1.82, 2.24) is 4.57 Å². The van der Waals surface area contributed by atoms with Crippen molar-refractivity contribution in [2.24, 2.45) is 5.73 Å². The molecule has 4 nitrogen and oxygen atoms in total. The Kier molecular flexibility index (Phi) is 3.62. The third kappa shape index (κ3) is 2.36. The molecular formula is C15H20N2O2. The second kappa shape index (κ2) is 5.05. The van der Waals surface area contributed by atoms with E-state index in [0.29, 0.717) is 12.1 Å². The Morgan fingerprint density at radius 2 is 2.05 bits per heavy atom. The van der Waals surface area contributed by atoms with Gasteiger partial charge < -0.3 is 15.4 Å². The number of aromatic nitrogens is 1. The lowest BCUT2D eigenvalue weighted by atomic mass is 9.97. The van der Waals surface area contributed by atoms with Crippen LogP contribution in [0.25, 0.3) is 10.9 Å². The fraction of sp³-hybridized carbons (Fsp3) is 0.400. The van der Waals surface area contributed by atoms with E-state index >= 15 is 0 Å². The number of nitrogens with two attached hydrogens (primary N) is 1. The zero-order chi connectivity index (χ0) is 14.2. The van der Waals surface area contributed by atoms with E-state index in [-0.39, 0.29) is 5.92 Å². The minimum absolute atomic E-state index is 0.271. The molecule has 0 saturated heterocycles. The SMILES string of the molecule is Cc1cc2cc(C(=O)O)cc(C(C)C)c2n1CCN. The molecule has 19 heavy (non-hydrogen) atoms. The van der Waals surface area contributed by atoms with E-state index < -0.39 is 5.97 Å². The number of rotatable bonds is 4. The molecular weight excluding hydrogens is 240 g/mol. The summed E-state index contributed by atoms with van der Waals surface area (Å²) < 4.78 is 2.18. The minimum Gasteiger partial charge on any atom is -0.478 e. The van der Waals surface area contributed by atoms with Gasteiger partial charge in [0.1, 0.15) is 0 Å². The molecule has 0 aliphatic heterocycles. The van der Waals surface area contributed by atoms with E-state index in [4.69, 9.17) is 5.73 Å². The van der Waals surface area contributed by atoms with Crippen LogP contribution in [0.2, 0.25) is 0 Å². The van der Waals surface area contributed by atoms with E-state index in [9.17, 15) is 9.90 Å². The summed E-state index contributed by atoms with van der Waals surface area (Å²) in [4.78, 5) is 11.2. The Bertz CT molecular complexity index is 627. The van der Waals surface area contributed by atoms with Crippen LogP contribution < -0.4 is 5.73 Å². The highest BCUT2D eigenvalue weighted by Gasteiger charge is 2.16. The summed E-state index contributed by atoms with van der Waals surface area (Å²) in [5.74, 6) is -0.611. The lowest BCUT2D eigenvalue weighted by Crippen LogP contribution is -2.12. The van der Waals surface area contributed by atoms with Gasteiger partial charge in [0.05, 0.1) is 11.1 Å². The van der Waals surface area contributed by atoms with E-state index in [1.165, 1.54) is 0 Å². The molecule has 3 N–H and O–H groups in total. The van der Waals surface area contributed by atoms with Crippen LogP contribution in [0, 0.1) is 6.92 Å². The smallest absolute Gasteiger partial charge is 0.335 e. The number of hydrogen-bond acceptors (Lipinski definition) is 2. The highest BCUT2D eigenvalue weighted by atomic mass is 16.4. The lowest BCUT2D eigenvalue weighted by Gasteiger charge is -2.14. The van der Waals surface area contributed by atoms with Crippen molar-refractivity contribution in [2.75, 3.05) is 6.54 Å².